The first-order chi connectivity index (χ1) is 2.89. The highest BCUT2D eigenvalue weighted by Crippen LogP contribution is 1.98. The van der Waals surface area contributed by atoms with Crippen LogP contribution in [0.1, 0.15) is 12.8 Å². The first-order valence-corrected chi connectivity index (χ1v) is 2.32. The van der Waals surface area contributed by atoms with Crippen LogP contribution in [-0.4, -0.2) is 17.8 Å². The van der Waals surface area contributed by atoms with Crippen LogP contribution >= 0.6 is 0 Å². The second kappa shape index (κ2) is 1.37. The highest BCUT2D eigenvalue weighted by Gasteiger charge is 2.14. The molecule has 0 unspecified atom stereocenters. The number of nitroso groups, excluding NO2 is 1. The van der Waals surface area contributed by atoms with E-state index in [4.69, 9.17) is 0 Å². The van der Waals surface area contributed by atoms with Gasteiger partial charge in [0.2, 0.25) is 0 Å². The maximum Gasteiger partial charge on any atom is 0.192 e. The van der Waals surface area contributed by atoms with Crippen molar-refractivity contribution in [3.8, 4) is 0 Å². The van der Waals surface area contributed by atoms with Gasteiger partial charge in [-0.1, -0.05) is 0 Å². The van der Waals surface area contributed by atoms with Gasteiger partial charge in [-0.2, -0.15) is 0 Å². The SMILES string of the molecule is O=[N+]1CCCC1. The van der Waals surface area contributed by atoms with Crippen LogP contribution < -0.4 is 0 Å². The van der Waals surface area contributed by atoms with Crippen molar-refractivity contribution in [3.63, 3.8) is 0 Å². The predicted octanol–water partition coefficient (Wildman–Crippen LogP) is 0.559. The van der Waals surface area contributed by atoms with Crippen LogP contribution in [0, 0.1) is 4.91 Å². The largest absolute Gasteiger partial charge is 0.192 e. The molecule has 1 heterocycles. The second-order valence-electron chi connectivity index (χ2n) is 1.64. The van der Waals surface area contributed by atoms with Crippen LogP contribution in [0.25, 0.3) is 0 Å². The van der Waals surface area contributed by atoms with Gasteiger partial charge >= 0.3 is 0 Å². The Morgan fingerprint density at radius 2 is 1.67 bits per heavy atom. The zero-order chi connectivity index (χ0) is 4.41. The first-order valence-electron chi connectivity index (χ1n) is 2.32. The van der Waals surface area contributed by atoms with Crippen LogP contribution in [-0.2, 0) is 0 Å². The minimum atomic E-state index is 0.764. The first kappa shape index (κ1) is 3.78. The fourth-order valence-corrected chi connectivity index (χ4v) is 0.688. The smallest absolute Gasteiger partial charge is 0.00217 e. The molecule has 1 aliphatic rings. The summed E-state index contributed by atoms with van der Waals surface area (Å²) < 4.78 is 1.11. The Labute approximate surface area is 36.7 Å². The van der Waals surface area contributed by atoms with E-state index in [9.17, 15) is 4.91 Å². The normalized spacial score (nSPS) is 22.3. The van der Waals surface area contributed by atoms with E-state index >= 15 is 0 Å². The molecule has 0 aliphatic carbocycles. The minimum absolute atomic E-state index is 0.764. The van der Waals surface area contributed by atoms with E-state index in [0.717, 1.165) is 30.7 Å². The third-order valence-electron chi connectivity index (χ3n) is 1.07. The lowest BCUT2D eigenvalue weighted by Crippen LogP contribution is -1.97. The average Bonchev–Trinajstić information content (AvgIpc) is 1.86. The summed E-state index contributed by atoms with van der Waals surface area (Å²) in [5.74, 6) is 0. The zero-order valence-electron chi connectivity index (χ0n) is 3.68. The van der Waals surface area contributed by atoms with Gasteiger partial charge in [0.05, 0.1) is 0 Å². The van der Waals surface area contributed by atoms with Gasteiger partial charge in [0, 0.05) is 17.7 Å². The van der Waals surface area contributed by atoms with Crippen molar-refractivity contribution >= 4 is 0 Å². The summed E-state index contributed by atoms with van der Waals surface area (Å²) in [5, 5.41) is 0. The van der Waals surface area contributed by atoms with Crippen molar-refractivity contribution < 1.29 is 4.76 Å². The van der Waals surface area contributed by atoms with Crippen LogP contribution in [0.3, 0.4) is 0 Å². The molecule has 1 saturated heterocycles. The Bertz CT molecular complexity index is 61.9. The van der Waals surface area contributed by atoms with Crippen molar-refractivity contribution in [3.05, 3.63) is 4.91 Å². The van der Waals surface area contributed by atoms with Gasteiger partial charge in [-0.3, -0.25) is 0 Å². The lowest BCUT2D eigenvalue weighted by Gasteiger charge is -1.66. The van der Waals surface area contributed by atoms with Crippen molar-refractivity contribution in [1.82, 2.24) is 0 Å². The molecular formula is C4H8NO+. The van der Waals surface area contributed by atoms with Crippen molar-refractivity contribution in [2.75, 3.05) is 13.1 Å². The molecule has 0 radical (unpaired) electrons. The van der Waals surface area contributed by atoms with E-state index in [1.165, 1.54) is 0 Å². The Morgan fingerprint density at radius 3 is 1.83 bits per heavy atom. The van der Waals surface area contributed by atoms with E-state index in [-0.39, 0.29) is 0 Å². The molecule has 2 heteroatoms. The second-order valence-corrected chi connectivity index (χ2v) is 1.64. The van der Waals surface area contributed by atoms with Gasteiger partial charge < -0.3 is 0 Å². The molecule has 2 nitrogen and oxygen atoms in total. The fourth-order valence-electron chi connectivity index (χ4n) is 0.688. The quantitative estimate of drug-likeness (QED) is 0.394. The van der Waals surface area contributed by atoms with Crippen molar-refractivity contribution in [2.45, 2.75) is 12.8 Å². The third-order valence-corrected chi connectivity index (χ3v) is 1.07. The molecule has 0 aromatic heterocycles. The maximum atomic E-state index is 10.2. The number of hydrogen-bond donors (Lipinski definition) is 0. The predicted molar refractivity (Wildman–Crippen MR) is 22.6 cm³/mol. The molecule has 0 spiro atoms. The summed E-state index contributed by atoms with van der Waals surface area (Å²) in [7, 11) is 0. The Morgan fingerprint density at radius 1 is 1.17 bits per heavy atom. The fraction of sp³-hybridized carbons (Fsp3) is 1.00. The third kappa shape index (κ3) is 0.559. The van der Waals surface area contributed by atoms with Crippen LogP contribution in [0.15, 0.2) is 0 Å². The molecule has 34 valence electrons. The lowest BCUT2D eigenvalue weighted by atomic mass is 10.4. The van der Waals surface area contributed by atoms with E-state index in [2.05, 4.69) is 0 Å². The van der Waals surface area contributed by atoms with Gasteiger partial charge in [0.15, 0.2) is 13.1 Å². The summed E-state index contributed by atoms with van der Waals surface area (Å²) in [6.45, 7) is 1.53. The maximum absolute atomic E-state index is 10.2. The highest BCUT2D eigenvalue weighted by atomic mass is 16.3. The van der Waals surface area contributed by atoms with E-state index in [1.54, 1.807) is 0 Å². The molecule has 1 rings (SSSR count). The average molecular weight is 86.1 g/mol. The zero-order valence-corrected chi connectivity index (χ0v) is 3.68. The molecule has 0 N–H and O–H groups in total. The molecule has 0 bridgehead atoms. The van der Waals surface area contributed by atoms with Gasteiger partial charge in [-0.25, -0.2) is 0 Å². The molecule has 1 aliphatic heterocycles. The van der Waals surface area contributed by atoms with E-state index in [0.29, 0.717) is 0 Å². The topological polar surface area (TPSA) is 20.1 Å². The standard InChI is InChI=1S/C4H8NO/c6-5-3-1-2-4-5/h1-4H2/q+1. The van der Waals surface area contributed by atoms with Crippen molar-refractivity contribution in [2.24, 2.45) is 0 Å². The van der Waals surface area contributed by atoms with Crippen LogP contribution in [0.5, 0.6) is 0 Å². The van der Waals surface area contributed by atoms with E-state index < -0.39 is 0 Å². The van der Waals surface area contributed by atoms with Gasteiger partial charge in [0.1, 0.15) is 0 Å². The van der Waals surface area contributed by atoms with E-state index in [1.807, 2.05) is 0 Å². The molecule has 0 amide bonds. The Balaban J connectivity index is 2.37. The summed E-state index contributed by atoms with van der Waals surface area (Å²) in [6, 6.07) is 0. The Kier molecular flexibility index (Phi) is 0.862. The Hall–Kier alpha value is -0.400. The van der Waals surface area contributed by atoms with Crippen LogP contribution in [0.2, 0.25) is 0 Å². The lowest BCUT2D eigenvalue weighted by molar-refractivity contribution is -0.527. The summed E-state index contributed by atoms with van der Waals surface area (Å²) in [4.78, 5) is 10.2. The number of hydrogen-bond acceptors (Lipinski definition) is 1. The number of nitrogens with zero attached hydrogens (tertiary/aromatic N) is 1. The summed E-state index contributed by atoms with van der Waals surface area (Å²) in [6.07, 6.45) is 2.20. The summed E-state index contributed by atoms with van der Waals surface area (Å²) >= 11 is 0. The molecule has 0 saturated carbocycles. The molecule has 0 atom stereocenters. The molecule has 0 aromatic carbocycles. The van der Waals surface area contributed by atoms with Crippen molar-refractivity contribution in [1.29, 1.82) is 0 Å². The van der Waals surface area contributed by atoms with Gasteiger partial charge in [0.25, 0.3) is 0 Å². The monoisotopic (exact) mass is 86.1 g/mol. The minimum Gasteiger partial charge on any atom is -0.00217 e. The van der Waals surface area contributed by atoms with Gasteiger partial charge in [-0.05, 0) is 4.76 Å². The molecule has 0 aromatic rings. The molecule has 6 heavy (non-hydrogen) atoms. The van der Waals surface area contributed by atoms with Crippen LogP contribution in [0.4, 0.5) is 0 Å². The highest BCUT2D eigenvalue weighted by molar-refractivity contribution is 4.41. The number of rotatable bonds is 0. The summed E-state index contributed by atoms with van der Waals surface area (Å²) in [5.41, 5.74) is 0. The molecular weight excluding hydrogens is 78.0 g/mol. The molecule has 1 fully saturated rings. The van der Waals surface area contributed by atoms with Gasteiger partial charge in [-0.15, -0.1) is 0 Å².